The maximum Gasteiger partial charge on any atom is 0.167 e. The topological polar surface area (TPSA) is 117 Å². The highest BCUT2D eigenvalue weighted by atomic mass is 16.7. The van der Waals surface area contributed by atoms with Crippen LogP contribution in [0.3, 0.4) is 0 Å². The molecular formula is C33H31N7O3. The summed E-state index contributed by atoms with van der Waals surface area (Å²) in [5, 5.41) is 21.1. The lowest BCUT2D eigenvalue weighted by Crippen LogP contribution is -2.24. The first-order chi connectivity index (χ1) is 21.1. The molecule has 2 aromatic carbocycles. The van der Waals surface area contributed by atoms with Crippen LogP contribution in [-0.2, 0) is 29.0 Å². The zero-order valence-corrected chi connectivity index (χ0v) is 23.9. The molecule has 0 saturated carbocycles. The van der Waals surface area contributed by atoms with Gasteiger partial charge < -0.3 is 23.1 Å². The number of aromatic nitrogens is 6. The number of hydrogen-bond donors (Lipinski definition) is 0. The predicted molar refractivity (Wildman–Crippen MR) is 157 cm³/mol. The molecule has 10 heteroatoms. The number of imidazole rings is 1. The molecule has 216 valence electrons. The van der Waals surface area contributed by atoms with Crippen LogP contribution in [0.2, 0.25) is 0 Å². The van der Waals surface area contributed by atoms with Gasteiger partial charge in [-0.15, -0.1) is 10.2 Å². The smallest absolute Gasteiger partial charge is 0.167 e. The molecule has 5 aromatic rings. The molecule has 0 N–H and O–H groups in total. The fourth-order valence-electron chi connectivity index (χ4n) is 4.99. The normalized spacial score (nSPS) is 15.4. The van der Waals surface area contributed by atoms with E-state index in [2.05, 4.69) is 38.2 Å². The van der Waals surface area contributed by atoms with Gasteiger partial charge in [-0.2, -0.15) is 5.26 Å². The van der Waals surface area contributed by atoms with Gasteiger partial charge in [-0.05, 0) is 68.1 Å². The van der Waals surface area contributed by atoms with Gasteiger partial charge in [-0.1, -0.05) is 29.1 Å². The van der Waals surface area contributed by atoms with Gasteiger partial charge in [0.2, 0.25) is 0 Å². The molecule has 6 rings (SSSR count). The van der Waals surface area contributed by atoms with Crippen LogP contribution in [0.1, 0.15) is 66.3 Å². The zero-order valence-electron chi connectivity index (χ0n) is 23.9. The monoisotopic (exact) mass is 573 g/mol. The summed E-state index contributed by atoms with van der Waals surface area (Å²) in [7, 11) is 0. The van der Waals surface area contributed by atoms with Crippen molar-refractivity contribution in [2.24, 2.45) is 0 Å². The quantitative estimate of drug-likeness (QED) is 0.218. The molecule has 0 aliphatic carbocycles. The summed E-state index contributed by atoms with van der Waals surface area (Å²) in [4.78, 5) is 4.52. The largest absolute Gasteiger partial charge is 0.356 e. The van der Waals surface area contributed by atoms with Crippen molar-refractivity contribution in [3.8, 4) is 29.2 Å². The number of rotatable bonds is 9. The average Bonchev–Trinajstić information content (AvgIpc) is 3.80. The third-order valence-corrected chi connectivity index (χ3v) is 7.26. The molecule has 1 saturated heterocycles. The fourth-order valence-corrected chi connectivity index (χ4v) is 4.99. The van der Waals surface area contributed by atoms with Crippen LogP contribution < -0.4 is 0 Å². The van der Waals surface area contributed by atoms with Crippen LogP contribution in [0.15, 0.2) is 77.8 Å². The minimum Gasteiger partial charge on any atom is -0.356 e. The fraction of sp³-hybridized carbons (Fsp3) is 0.303. The van der Waals surface area contributed by atoms with Crippen molar-refractivity contribution in [3.05, 3.63) is 107 Å². The summed E-state index contributed by atoms with van der Waals surface area (Å²) < 4.78 is 21.4. The van der Waals surface area contributed by atoms with Crippen LogP contribution in [-0.4, -0.2) is 42.4 Å². The van der Waals surface area contributed by atoms with Gasteiger partial charge in [-0.3, -0.25) is 0 Å². The Balaban J connectivity index is 1.06. The van der Waals surface area contributed by atoms with E-state index < -0.39 is 0 Å². The Bertz CT molecular complexity index is 1740. The maximum atomic E-state index is 8.94. The molecule has 1 aliphatic heterocycles. The molecule has 2 atom stereocenters. The van der Waals surface area contributed by atoms with E-state index in [0.29, 0.717) is 24.7 Å². The van der Waals surface area contributed by atoms with Gasteiger partial charge in [0.25, 0.3) is 0 Å². The molecule has 0 bridgehead atoms. The number of ether oxygens (including phenoxy) is 2. The van der Waals surface area contributed by atoms with Crippen molar-refractivity contribution in [3.63, 3.8) is 0 Å². The van der Waals surface area contributed by atoms with Gasteiger partial charge in [0, 0.05) is 41.8 Å². The van der Waals surface area contributed by atoms with Crippen molar-refractivity contribution >= 4 is 0 Å². The minimum atomic E-state index is -0.195. The average molecular weight is 574 g/mol. The van der Waals surface area contributed by atoms with Gasteiger partial charge in [-0.25, -0.2) is 4.98 Å². The van der Waals surface area contributed by atoms with Crippen LogP contribution in [0.25, 0.3) is 11.3 Å². The second-order valence-corrected chi connectivity index (χ2v) is 10.4. The summed E-state index contributed by atoms with van der Waals surface area (Å²) >= 11 is 0. The number of nitriles is 1. The summed E-state index contributed by atoms with van der Waals surface area (Å²) in [5.74, 6) is 8.62. The molecule has 1 aliphatic rings. The minimum absolute atomic E-state index is 0.179. The number of nitrogens with zero attached hydrogens (tertiary/aromatic N) is 7. The van der Waals surface area contributed by atoms with Crippen molar-refractivity contribution in [2.45, 2.75) is 58.1 Å². The molecule has 43 heavy (non-hydrogen) atoms. The van der Waals surface area contributed by atoms with E-state index in [4.69, 9.17) is 19.3 Å². The first-order valence-corrected chi connectivity index (χ1v) is 14.3. The summed E-state index contributed by atoms with van der Waals surface area (Å²) in [6, 6.07) is 20.0. The van der Waals surface area contributed by atoms with Crippen LogP contribution in [0, 0.1) is 23.2 Å². The highest BCUT2D eigenvalue weighted by Gasteiger charge is 2.21. The third kappa shape index (κ3) is 7.07. The molecule has 0 spiro atoms. The second-order valence-electron chi connectivity index (χ2n) is 10.4. The Morgan fingerprint density at radius 2 is 1.81 bits per heavy atom. The number of benzene rings is 2. The summed E-state index contributed by atoms with van der Waals surface area (Å²) in [5.41, 5.74) is 4.63. The molecule has 0 radical (unpaired) electrons. The molecule has 1 fully saturated rings. The van der Waals surface area contributed by atoms with E-state index in [9.17, 15) is 0 Å². The lowest BCUT2D eigenvalue weighted by molar-refractivity contribution is -0.188. The van der Waals surface area contributed by atoms with E-state index >= 15 is 0 Å². The highest BCUT2D eigenvalue weighted by Crippen LogP contribution is 2.25. The van der Waals surface area contributed by atoms with E-state index in [1.807, 2.05) is 76.9 Å². The third-order valence-electron chi connectivity index (χ3n) is 7.26. The van der Waals surface area contributed by atoms with Crippen molar-refractivity contribution in [1.29, 1.82) is 5.26 Å². The Morgan fingerprint density at radius 3 is 2.56 bits per heavy atom. The van der Waals surface area contributed by atoms with E-state index in [0.717, 1.165) is 59.6 Å². The first kappa shape index (κ1) is 28.1. The van der Waals surface area contributed by atoms with Crippen LogP contribution >= 0.6 is 0 Å². The van der Waals surface area contributed by atoms with Gasteiger partial charge in [0.15, 0.2) is 12.1 Å². The van der Waals surface area contributed by atoms with Gasteiger partial charge in [0.05, 0.1) is 25.6 Å². The zero-order chi connectivity index (χ0) is 29.4. The Kier molecular flexibility index (Phi) is 8.69. The molecular weight excluding hydrogens is 542 g/mol. The van der Waals surface area contributed by atoms with Crippen molar-refractivity contribution in [1.82, 2.24) is 29.5 Å². The Hall–Kier alpha value is -5.03. The highest BCUT2D eigenvalue weighted by molar-refractivity contribution is 5.59. The van der Waals surface area contributed by atoms with Crippen LogP contribution in [0.4, 0.5) is 0 Å². The summed E-state index contributed by atoms with van der Waals surface area (Å²) in [6.45, 7) is 3.88. The van der Waals surface area contributed by atoms with E-state index in [-0.39, 0.29) is 18.8 Å². The molecule has 10 nitrogen and oxygen atoms in total. The van der Waals surface area contributed by atoms with Gasteiger partial charge in [0.1, 0.15) is 29.8 Å². The van der Waals surface area contributed by atoms with Gasteiger partial charge >= 0.3 is 0 Å². The molecule has 0 amide bonds. The molecule has 3 aromatic heterocycles. The van der Waals surface area contributed by atoms with E-state index in [1.165, 1.54) is 0 Å². The molecule has 1 unspecified atom stereocenters. The SMILES string of the molecule is C[C@H](OC1CCCCO1)c1nccn1Cc1cc(-c2ccc(C#Cc3ccc(Cn4cnnc4CC#N)cc3)cc2)on1. The predicted octanol–water partition coefficient (Wildman–Crippen LogP) is 5.30. The maximum absolute atomic E-state index is 8.94. The van der Waals surface area contributed by atoms with E-state index in [1.54, 1.807) is 12.5 Å². The van der Waals surface area contributed by atoms with Crippen LogP contribution in [0.5, 0.6) is 0 Å². The molecule has 4 heterocycles. The van der Waals surface area contributed by atoms with Crippen molar-refractivity contribution in [2.75, 3.05) is 6.61 Å². The lowest BCUT2D eigenvalue weighted by Gasteiger charge is -2.26. The lowest BCUT2D eigenvalue weighted by atomic mass is 10.1. The standard InChI is InChI=1S/C33H31N7O3/c1-24(42-32-4-2-3-19-41-32)33-35-17-18-39(33)22-29-20-30(43-38-29)28-13-11-26(12-14-28)6-5-25-7-9-27(10-8-25)21-40-23-36-37-31(40)15-16-34/h7-14,17-18,20,23-24,32H,2-4,15,19,21-22H2,1H3/t24-,32?/m0/s1. The number of hydrogen-bond acceptors (Lipinski definition) is 8. The Morgan fingerprint density at radius 1 is 1.02 bits per heavy atom. The summed E-state index contributed by atoms with van der Waals surface area (Å²) in [6.07, 6.45) is 8.32. The Labute approximate surface area is 249 Å². The first-order valence-electron chi connectivity index (χ1n) is 14.3. The second kappa shape index (κ2) is 13.3. The van der Waals surface area contributed by atoms with Crippen molar-refractivity contribution < 1.29 is 14.0 Å².